The summed E-state index contributed by atoms with van der Waals surface area (Å²) < 4.78 is 19.8. The Hall–Kier alpha value is -0.320. The Bertz CT molecular complexity index is 429. The summed E-state index contributed by atoms with van der Waals surface area (Å²) in [5.41, 5.74) is 0. The van der Waals surface area contributed by atoms with Crippen molar-refractivity contribution in [2.75, 3.05) is 13.1 Å². The highest BCUT2D eigenvalue weighted by Crippen LogP contribution is 2.31. The number of nitrogens with one attached hydrogen (secondary N) is 1. The number of benzene rings is 1. The Morgan fingerprint density at radius 2 is 2.05 bits per heavy atom. The van der Waals surface area contributed by atoms with Gasteiger partial charge in [-0.05, 0) is 60.8 Å². The summed E-state index contributed by atoms with van der Waals surface area (Å²) in [6.45, 7) is 8.36. The third-order valence-corrected chi connectivity index (χ3v) is 3.73. The summed E-state index contributed by atoms with van der Waals surface area (Å²) in [5.74, 6) is 0.696. The van der Waals surface area contributed by atoms with Crippen LogP contribution in [-0.4, -0.2) is 19.2 Å². The molecule has 1 rings (SSSR count). The molecule has 2 nitrogen and oxygen atoms in total. The average Bonchev–Trinajstić information content (AvgIpc) is 2.35. The first-order chi connectivity index (χ1) is 9.40. The van der Waals surface area contributed by atoms with E-state index in [1.54, 1.807) is 0 Å². The standard InChI is InChI=1S/C15H22BrClFNO/c1-10(2)9-19-6-4-5-11(3)20-15-8-14(18)13(17)7-12(15)16/h7-8,10-11,19H,4-6,9H2,1-3H3. The maximum atomic E-state index is 13.4. The molecule has 0 aliphatic carbocycles. The van der Waals surface area contributed by atoms with E-state index in [-0.39, 0.29) is 11.1 Å². The Labute approximate surface area is 134 Å². The second-order valence-electron chi connectivity index (χ2n) is 5.37. The van der Waals surface area contributed by atoms with Gasteiger partial charge in [-0.3, -0.25) is 0 Å². The predicted octanol–water partition coefficient (Wildman–Crippen LogP) is 5.03. The van der Waals surface area contributed by atoms with Gasteiger partial charge in [-0.1, -0.05) is 25.4 Å². The Morgan fingerprint density at radius 3 is 2.70 bits per heavy atom. The van der Waals surface area contributed by atoms with Gasteiger partial charge in [0.15, 0.2) is 0 Å². The molecule has 1 atom stereocenters. The molecule has 0 saturated heterocycles. The van der Waals surface area contributed by atoms with Crippen LogP contribution in [0.2, 0.25) is 5.02 Å². The van der Waals surface area contributed by atoms with Gasteiger partial charge < -0.3 is 10.1 Å². The Morgan fingerprint density at radius 1 is 1.35 bits per heavy atom. The SMILES string of the molecule is CC(C)CNCCCC(C)Oc1cc(F)c(Cl)cc1Br. The number of hydrogen-bond acceptors (Lipinski definition) is 2. The Balaban J connectivity index is 2.35. The molecule has 0 radical (unpaired) electrons. The van der Waals surface area contributed by atoms with Crippen LogP contribution in [0.15, 0.2) is 16.6 Å². The average molecular weight is 367 g/mol. The number of rotatable bonds is 8. The van der Waals surface area contributed by atoms with Crippen molar-refractivity contribution in [2.24, 2.45) is 5.92 Å². The zero-order valence-corrected chi connectivity index (χ0v) is 14.5. The molecule has 1 aromatic rings. The van der Waals surface area contributed by atoms with Crippen molar-refractivity contribution in [2.45, 2.75) is 39.7 Å². The lowest BCUT2D eigenvalue weighted by Gasteiger charge is -2.16. The summed E-state index contributed by atoms with van der Waals surface area (Å²) in [6.07, 6.45) is 1.98. The maximum Gasteiger partial charge on any atom is 0.145 e. The first-order valence-electron chi connectivity index (χ1n) is 6.92. The predicted molar refractivity (Wildman–Crippen MR) is 86.1 cm³/mol. The molecule has 0 heterocycles. The van der Waals surface area contributed by atoms with E-state index in [1.807, 2.05) is 6.92 Å². The second-order valence-corrected chi connectivity index (χ2v) is 6.63. The van der Waals surface area contributed by atoms with Crippen LogP contribution in [0.5, 0.6) is 5.75 Å². The van der Waals surface area contributed by atoms with E-state index in [0.717, 1.165) is 25.9 Å². The van der Waals surface area contributed by atoms with Crippen molar-refractivity contribution >= 4 is 27.5 Å². The van der Waals surface area contributed by atoms with Crippen molar-refractivity contribution < 1.29 is 9.13 Å². The molecule has 5 heteroatoms. The van der Waals surface area contributed by atoms with Gasteiger partial charge in [0.1, 0.15) is 11.6 Å². The second kappa shape index (κ2) is 8.85. The molecule has 114 valence electrons. The highest BCUT2D eigenvalue weighted by atomic mass is 79.9. The van der Waals surface area contributed by atoms with Gasteiger partial charge in [0.25, 0.3) is 0 Å². The molecule has 20 heavy (non-hydrogen) atoms. The Kier molecular flexibility index (Phi) is 7.85. The third-order valence-electron chi connectivity index (χ3n) is 2.82. The molecule has 0 aliphatic rings. The van der Waals surface area contributed by atoms with Crippen LogP contribution in [-0.2, 0) is 0 Å². The van der Waals surface area contributed by atoms with Gasteiger partial charge in [0.2, 0.25) is 0 Å². The van der Waals surface area contributed by atoms with Gasteiger partial charge in [-0.15, -0.1) is 0 Å². The monoisotopic (exact) mass is 365 g/mol. The fourth-order valence-electron chi connectivity index (χ4n) is 1.78. The fourth-order valence-corrected chi connectivity index (χ4v) is 2.51. The van der Waals surface area contributed by atoms with Crippen molar-refractivity contribution in [3.05, 3.63) is 27.4 Å². The first kappa shape index (κ1) is 17.7. The summed E-state index contributed by atoms with van der Waals surface area (Å²) >= 11 is 9.03. The van der Waals surface area contributed by atoms with Gasteiger partial charge >= 0.3 is 0 Å². The zero-order valence-electron chi connectivity index (χ0n) is 12.2. The summed E-state index contributed by atoms with van der Waals surface area (Å²) in [7, 11) is 0. The molecule has 0 amide bonds. The quantitative estimate of drug-likeness (QED) is 0.514. The van der Waals surface area contributed by atoms with Crippen molar-refractivity contribution in [3.63, 3.8) is 0 Å². The molecular formula is C15H22BrClFNO. The van der Waals surface area contributed by atoms with Crippen LogP contribution in [0.1, 0.15) is 33.6 Å². The molecule has 0 aromatic heterocycles. The van der Waals surface area contributed by atoms with Crippen LogP contribution < -0.4 is 10.1 Å². The van der Waals surface area contributed by atoms with Crippen molar-refractivity contribution in [1.29, 1.82) is 0 Å². The third kappa shape index (κ3) is 6.42. The van der Waals surface area contributed by atoms with Crippen LogP contribution in [0.3, 0.4) is 0 Å². The molecule has 0 spiro atoms. The number of halogens is 3. The largest absolute Gasteiger partial charge is 0.489 e. The fraction of sp³-hybridized carbons (Fsp3) is 0.600. The molecule has 1 N–H and O–H groups in total. The van der Waals surface area contributed by atoms with E-state index in [1.165, 1.54) is 12.1 Å². The van der Waals surface area contributed by atoms with Crippen LogP contribution in [0.4, 0.5) is 4.39 Å². The highest BCUT2D eigenvalue weighted by molar-refractivity contribution is 9.10. The topological polar surface area (TPSA) is 21.3 Å². The molecular weight excluding hydrogens is 345 g/mol. The minimum absolute atomic E-state index is 0.0349. The summed E-state index contributed by atoms with van der Waals surface area (Å²) in [4.78, 5) is 0. The minimum Gasteiger partial charge on any atom is -0.489 e. The van der Waals surface area contributed by atoms with Crippen molar-refractivity contribution in [1.82, 2.24) is 5.32 Å². The van der Waals surface area contributed by atoms with Gasteiger partial charge in [-0.2, -0.15) is 0 Å². The molecule has 0 bridgehead atoms. The molecule has 1 aromatic carbocycles. The van der Waals surface area contributed by atoms with Crippen LogP contribution >= 0.6 is 27.5 Å². The smallest absolute Gasteiger partial charge is 0.145 e. The molecule has 1 unspecified atom stereocenters. The van der Waals surface area contributed by atoms with E-state index in [9.17, 15) is 4.39 Å². The van der Waals surface area contributed by atoms with E-state index >= 15 is 0 Å². The van der Waals surface area contributed by atoms with E-state index < -0.39 is 5.82 Å². The van der Waals surface area contributed by atoms with Crippen LogP contribution in [0.25, 0.3) is 0 Å². The minimum atomic E-state index is -0.462. The first-order valence-corrected chi connectivity index (χ1v) is 8.09. The normalized spacial score (nSPS) is 12.8. The number of hydrogen-bond donors (Lipinski definition) is 1. The van der Waals surface area contributed by atoms with E-state index in [0.29, 0.717) is 16.1 Å². The summed E-state index contributed by atoms with van der Waals surface area (Å²) in [5, 5.41) is 3.48. The lowest BCUT2D eigenvalue weighted by Crippen LogP contribution is -2.22. The van der Waals surface area contributed by atoms with Gasteiger partial charge in [-0.25, -0.2) is 4.39 Å². The lowest BCUT2D eigenvalue weighted by molar-refractivity contribution is 0.205. The van der Waals surface area contributed by atoms with Gasteiger partial charge in [0, 0.05) is 6.07 Å². The molecule has 0 aliphatic heterocycles. The van der Waals surface area contributed by atoms with E-state index in [2.05, 4.69) is 35.1 Å². The van der Waals surface area contributed by atoms with E-state index in [4.69, 9.17) is 16.3 Å². The van der Waals surface area contributed by atoms with Gasteiger partial charge in [0.05, 0.1) is 15.6 Å². The lowest BCUT2D eigenvalue weighted by atomic mass is 10.2. The molecule has 0 fully saturated rings. The zero-order chi connectivity index (χ0) is 15.1. The van der Waals surface area contributed by atoms with Crippen molar-refractivity contribution in [3.8, 4) is 5.75 Å². The molecule has 0 saturated carbocycles. The summed E-state index contributed by atoms with van der Waals surface area (Å²) in [6, 6.07) is 2.84. The maximum absolute atomic E-state index is 13.4. The van der Waals surface area contributed by atoms with Crippen LogP contribution in [0, 0.1) is 11.7 Å². The highest BCUT2D eigenvalue weighted by Gasteiger charge is 2.11. The number of ether oxygens (including phenoxy) is 1.